The molecule has 3 N–H and O–H groups in total. The number of carbonyl (C=O) groups is 1. The van der Waals surface area contributed by atoms with E-state index in [-0.39, 0.29) is 24.5 Å². The van der Waals surface area contributed by atoms with Crippen molar-refractivity contribution >= 4 is 11.7 Å². The number of hydrogen-bond acceptors (Lipinski definition) is 6. The number of aliphatic hydroxyl groups is 1. The Hall–Kier alpha value is -2.21. The minimum absolute atomic E-state index is 0.0285. The molecule has 0 bridgehead atoms. The second-order valence-corrected chi connectivity index (χ2v) is 6.89. The van der Waals surface area contributed by atoms with Crippen LogP contribution in [0.5, 0.6) is 5.75 Å². The van der Waals surface area contributed by atoms with Crippen LogP contribution in [0.3, 0.4) is 0 Å². The fourth-order valence-corrected chi connectivity index (χ4v) is 3.24. The molecule has 3 rings (SSSR count). The van der Waals surface area contributed by atoms with Crippen LogP contribution in [-0.2, 0) is 14.3 Å². The lowest BCUT2D eigenvalue weighted by Crippen LogP contribution is -2.51. The number of anilines is 1. The summed E-state index contributed by atoms with van der Waals surface area (Å²) in [6.45, 7) is 7.24. The average Bonchev–Trinajstić information content (AvgIpc) is 2.76. The molecular weight excluding hydrogens is 298 g/mol. The Bertz CT molecular complexity index is 722. The van der Waals surface area contributed by atoms with Gasteiger partial charge in [0.05, 0.1) is 11.3 Å². The van der Waals surface area contributed by atoms with Gasteiger partial charge in [0, 0.05) is 6.42 Å². The van der Waals surface area contributed by atoms with Gasteiger partial charge in [-0.2, -0.15) is 0 Å². The second-order valence-electron chi connectivity index (χ2n) is 6.89. The molecule has 124 valence electrons. The number of phenolic OH excluding ortho intramolecular Hbond substituents is 1. The second kappa shape index (κ2) is 4.89. The van der Waals surface area contributed by atoms with Crippen molar-refractivity contribution in [3.8, 4) is 5.75 Å². The minimum atomic E-state index is -1.53. The fraction of sp³-hybridized carbons (Fsp3) is 0.471. The number of nitrogens with one attached hydrogen (secondary N) is 1. The molecule has 1 aromatic carbocycles. The minimum Gasteiger partial charge on any atom is -0.506 e. The first-order valence-electron chi connectivity index (χ1n) is 7.52. The molecular formula is C17H21NO5. The predicted molar refractivity (Wildman–Crippen MR) is 83.9 cm³/mol. The zero-order chi connectivity index (χ0) is 17.0. The highest BCUT2D eigenvalue weighted by atomic mass is 16.6. The summed E-state index contributed by atoms with van der Waals surface area (Å²) in [4.78, 5) is 11.8. The molecule has 1 aromatic rings. The highest BCUT2D eigenvalue weighted by Gasteiger charge is 2.51. The summed E-state index contributed by atoms with van der Waals surface area (Å²) in [5.41, 5.74) is 0.148. The monoisotopic (exact) mass is 319 g/mol. The lowest BCUT2D eigenvalue weighted by atomic mass is 9.86. The van der Waals surface area contributed by atoms with Crippen LogP contribution >= 0.6 is 0 Å². The maximum Gasteiger partial charge on any atom is 0.374 e. The van der Waals surface area contributed by atoms with Crippen molar-refractivity contribution in [2.24, 2.45) is 0 Å². The number of aromatic hydroxyl groups is 1. The van der Waals surface area contributed by atoms with Crippen molar-refractivity contribution in [1.29, 1.82) is 0 Å². The first-order chi connectivity index (χ1) is 10.6. The van der Waals surface area contributed by atoms with Gasteiger partial charge in [0.2, 0.25) is 5.76 Å². The van der Waals surface area contributed by atoms with Crippen LogP contribution in [0.1, 0.15) is 31.4 Å². The molecule has 6 heteroatoms. The van der Waals surface area contributed by atoms with Gasteiger partial charge in [-0.05, 0) is 44.9 Å². The summed E-state index contributed by atoms with van der Waals surface area (Å²) >= 11 is 0. The van der Waals surface area contributed by atoms with E-state index in [1.807, 2.05) is 13.0 Å². The standard InChI is InChI=1S/C17H21NO5/c1-9-5-10(2)13(19)12(6-9)18-17(21)8-16(3,4)23-14-11(17)7-22-15(14)20/h5-6,18-19,21H,7-8H2,1-4H3. The van der Waals surface area contributed by atoms with E-state index in [4.69, 9.17) is 9.47 Å². The van der Waals surface area contributed by atoms with Gasteiger partial charge in [-0.3, -0.25) is 0 Å². The van der Waals surface area contributed by atoms with Crippen molar-refractivity contribution in [2.45, 2.75) is 45.4 Å². The molecule has 1 unspecified atom stereocenters. The molecule has 0 saturated carbocycles. The first kappa shape index (κ1) is 15.7. The van der Waals surface area contributed by atoms with E-state index in [1.54, 1.807) is 26.8 Å². The quantitative estimate of drug-likeness (QED) is 0.440. The molecule has 1 atom stereocenters. The van der Waals surface area contributed by atoms with E-state index in [0.717, 1.165) is 5.56 Å². The van der Waals surface area contributed by atoms with Gasteiger partial charge >= 0.3 is 5.97 Å². The highest BCUT2D eigenvalue weighted by Crippen LogP contribution is 2.43. The van der Waals surface area contributed by atoms with E-state index < -0.39 is 17.3 Å². The lowest BCUT2D eigenvalue weighted by Gasteiger charge is -2.42. The smallest absolute Gasteiger partial charge is 0.374 e. The zero-order valence-corrected chi connectivity index (χ0v) is 13.7. The third-order valence-corrected chi connectivity index (χ3v) is 4.15. The summed E-state index contributed by atoms with van der Waals surface area (Å²) in [6.07, 6.45) is 0.210. The molecule has 6 nitrogen and oxygen atoms in total. The fourth-order valence-electron chi connectivity index (χ4n) is 3.24. The summed E-state index contributed by atoms with van der Waals surface area (Å²) < 4.78 is 10.7. The SMILES string of the molecule is Cc1cc(C)c(O)c(NC2(O)CC(C)(C)OC3=C2COC3=O)c1. The van der Waals surface area contributed by atoms with E-state index >= 15 is 0 Å². The number of benzene rings is 1. The van der Waals surface area contributed by atoms with Crippen molar-refractivity contribution in [2.75, 3.05) is 11.9 Å². The van der Waals surface area contributed by atoms with Crippen molar-refractivity contribution in [3.63, 3.8) is 0 Å². The van der Waals surface area contributed by atoms with E-state index in [0.29, 0.717) is 16.8 Å². The van der Waals surface area contributed by atoms with Gasteiger partial charge in [-0.25, -0.2) is 4.79 Å². The molecule has 2 aliphatic heterocycles. The Balaban J connectivity index is 2.05. The molecule has 2 aliphatic rings. The molecule has 0 saturated heterocycles. The summed E-state index contributed by atoms with van der Waals surface area (Å²) in [6, 6.07) is 3.60. The third-order valence-electron chi connectivity index (χ3n) is 4.15. The van der Waals surface area contributed by atoms with Crippen LogP contribution < -0.4 is 5.32 Å². The van der Waals surface area contributed by atoms with Gasteiger partial charge in [-0.15, -0.1) is 0 Å². The Morgan fingerprint density at radius 3 is 2.65 bits per heavy atom. The average molecular weight is 319 g/mol. The van der Waals surface area contributed by atoms with Gasteiger partial charge in [0.1, 0.15) is 18.0 Å². The van der Waals surface area contributed by atoms with Crippen molar-refractivity contribution < 1.29 is 24.5 Å². The Labute approximate surface area is 134 Å². The molecule has 2 heterocycles. The third kappa shape index (κ3) is 2.63. The number of ether oxygens (including phenoxy) is 2. The van der Waals surface area contributed by atoms with Gasteiger partial charge in [-0.1, -0.05) is 6.07 Å². The number of aryl methyl sites for hydroxylation is 2. The van der Waals surface area contributed by atoms with Gasteiger partial charge in [0.15, 0.2) is 5.72 Å². The number of phenols is 1. The molecule has 0 radical (unpaired) electrons. The number of esters is 1. The molecule has 0 spiro atoms. The maximum absolute atomic E-state index is 11.8. The first-order valence-corrected chi connectivity index (χ1v) is 7.52. The van der Waals surface area contributed by atoms with Crippen molar-refractivity contribution in [3.05, 3.63) is 34.6 Å². The van der Waals surface area contributed by atoms with Crippen molar-refractivity contribution in [1.82, 2.24) is 0 Å². The van der Waals surface area contributed by atoms with Crippen LogP contribution in [0.4, 0.5) is 5.69 Å². The molecule has 0 aliphatic carbocycles. The summed E-state index contributed by atoms with van der Waals surface area (Å²) in [7, 11) is 0. The zero-order valence-electron chi connectivity index (χ0n) is 13.7. The van der Waals surface area contributed by atoms with Crippen LogP contribution in [0.15, 0.2) is 23.5 Å². The van der Waals surface area contributed by atoms with Gasteiger partial charge < -0.3 is 25.0 Å². The lowest BCUT2D eigenvalue weighted by molar-refractivity contribution is -0.142. The number of rotatable bonds is 2. The summed E-state index contributed by atoms with van der Waals surface area (Å²) in [5.74, 6) is -0.446. The topological polar surface area (TPSA) is 88.0 Å². The summed E-state index contributed by atoms with van der Waals surface area (Å²) in [5, 5.41) is 24.4. The normalized spacial score (nSPS) is 25.7. The Morgan fingerprint density at radius 1 is 1.26 bits per heavy atom. The Kier molecular flexibility index (Phi) is 3.33. The van der Waals surface area contributed by atoms with Gasteiger partial charge in [0.25, 0.3) is 0 Å². The molecule has 0 amide bonds. The van der Waals surface area contributed by atoms with E-state index in [9.17, 15) is 15.0 Å². The maximum atomic E-state index is 11.8. The van der Waals surface area contributed by atoms with E-state index in [1.165, 1.54) is 0 Å². The number of cyclic esters (lactones) is 1. The number of hydrogen-bond donors (Lipinski definition) is 3. The number of carbonyl (C=O) groups excluding carboxylic acids is 1. The molecule has 0 fully saturated rings. The van der Waals surface area contributed by atoms with Crippen LogP contribution in [0.25, 0.3) is 0 Å². The Morgan fingerprint density at radius 2 is 1.96 bits per heavy atom. The van der Waals surface area contributed by atoms with Crippen LogP contribution in [-0.4, -0.2) is 34.1 Å². The molecule has 0 aromatic heterocycles. The van der Waals surface area contributed by atoms with Crippen LogP contribution in [0.2, 0.25) is 0 Å². The largest absolute Gasteiger partial charge is 0.506 e. The highest BCUT2D eigenvalue weighted by molar-refractivity contribution is 5.90. The predicted octanol–water partition coefficient (Wildman–Crippen LogP) is 2.12. The van der Waals surface area contributed by atoms with Crippen LogP contribution in [0, 0.1) is 13.8 Å². The molecule has 23 heavy (non-hydrogen) atoms. The van der Waals surface area contributed by atoms with E-state index in [2.05, 4.69) is 5.32 Å².